The van der Waals surface area contributed by atoms with Crippen molar-refractivity contribution in [3.05, 3.63) is 132 Å². The van der Waals surface area contributed by atoms with Crippen LogP contribution in [-0.2, 0) is 0 Å². The number of fused-ring (bicyclic) bond motifs is 2. The maximum Gasteiger partial charge on any atom is 0.194 e. The summed E-state index contributed by atoms with van der Waals surface area (Å²) < 4.78 is 12.7. The highest BCUT2D eigenvalue weighted by Gasteiger charge is 2.23. The minimum absolute atomic E-state index is 0.0249. The topological polar surface area (TPSA) is 42.0 Å². The summed E-state index contributed by atoms with van der Waals surface area (Å²) >= 11 is 0. The standard InChI is InChI=1S/C45H44N2O3/c48-45(41-21-19-35(49-29-27-46-23-5-6-24-46)31-43(41)39-17-9-13-33-11-1-3-15-37(33)39)42-22-20-36(50-30-28-47-25-7-8-26-47)32-44(42)40-18-10-14-34-12-2-4-16-38(34)40/h1-4,9-22,31-32H,5-8,23-30H2. The van der Waals surface area contributed by atoms with E-state index in [9.17, 15) is 0 Å². The van der Waals surface area contributed by atoms with Gasteiger partial charge in [0.05, 0.1) is 0 Å². The van der Waals surface area contributed by atoms with Crippen LogP contribution in [0, 0.1) is 0 Å². The van der Waals surface area contributed by atoms with Gasteiger partial charge in [0.25, 0.3) is 0 Å². The molecule has 2 fully saturated rings. The number of hydrogen-bond acceptors (Lipinski definition) is 5. The highest BCUT2D eigenvalue weighted by Crippen LogP contribution is 2.38. The van der Waals surface area contributed by atoms with E-state index in [0.717, 1.165) is 94.6 Å². The van der Waals surface area contributed by atoms with Gasteiger partial charge in [-0.1, -0.05) is 84.9 Å². The molecule has 2 aliphatic heterocycles. The molecule has 0 aromatic heterocycles. The van der Waals surface area contributed by atoms with Gasteiger partial charge in [-0.2, -0.15) is 0 Å². The fourth-order valence-corrected chi connectivity index (χ4v) is 7.73. The van der Waals surface area contributed by atoms with E-state index in [1.807, 2.05) is 24.3 Å². The molecule has 6 aromatic rings. The molecule has 0 N–H and O–H groups in total. The fraction of sp³-hybridized carbons (Fsp3) is 0.267. The molecule has 252 valence electrons. The molecule has 2 aliphatic rings. The summed E-state index contributed by atoms with van der Waals surface area (Å²) in [5, 5.41) is 4.48. The number of hydrogen-bond donors (Lipinski definition) is 0. The molecule has 5 nitrogen and oxygen atoms in total. The van der Waals surface area contributed by atoms with Gasteiger partial charge in [0.1, 0.15) is 24.7 Å². The molecule has 8 rings (SSSR count). The molecule has 6 aromatic carbocycles. The Morgan fingerprint density at radius 3 is 1.36 bits per heavy atom. The second kappa shape index (κ2) is 14.9. The first kappa shape index (κ1) is 32.2. The maximum absolute atomic E-state index is 15.0. The van der Waals surface area contributed by atoms with Crippen molar-refractivity contribution >= 4 is 27.3 Å². The number of carbonyl (C=O) groups excluding carboxylic acids is 1. The minimum Gasteiger partial charge on any atom is -0.492 e. The molecule has 0 saturated carbocycles. The monoisotopic (exact) mass is 660 g/mol. The fourth-order valence-electron chi connectivity index (χ4n) is 7.73. The molecular formula is C45H44N2O3. The highest BCUT2D eigenvalue weighted by atomic mass is 16.5. The number of nitrogens with zero attached hydrogens (tertiary/aromatic N) is 2. The Labute approximate surface area is 295 Å². The highest BCUT2D eigenvalue weighted by molar-refractivity contribution is 6.18. The van der Waals surface area contributed by atoms with E-state index >= 15 is 4.79 Å². The number of rotatable bonds is 12. The van der Waals surface area contributed by atoms with Crippen molar-refractivity contribution in [3.8, 4) is 33.8 Å². The van der Waals surface area contributed by atoms with E-state index in [4.69, 9.17) is 9.47 Å². The van der Waals surface area contributed by atoms with Crippen LogP contribution in [0.5, 0.6) is 11.5 Å². The zero-order valence-electron chi connectivity index (χ0n) is 28.7. The zero-order valence-corrected chi connectivity index (χ0v) is 28.7. The lowest BCUT2D eigenvalue weighted by Crippen LogP contribution is -2.25. The van der Waals surface area contributed by atoms with Crippen molar-refractivity contribution in [2.75, 3.05) is 52.5 Å². The van der Waals surface area contributed by atoms with Gasteiger partial charge >= 0.3 is 0 Å². The van der Waals surface area contributed by atoms with E-state index in [-0.39, 0.29) is 5.78 Å². The summed E-state index contributed by atoms with van der Waals surface area (Å²) in [6.07, 6.45) is 5.03. The van der Waals surface area contributed by atoms with Crippen molar-refractivity contribution < 1.29 is 14.3 Å². The van der Waals surface area contributed by atoms with Crippen LogP contribution in [0.4, 0.5) is 0 Å². The summed E-state index contributed by atoms with van der Waals surface area (Å²) in [6, 6.07) is 41.3. The summed E-state index contributed by atoms with van der Waals surface area (Å²) in [4.78, 5) is 19.9. The van der Waals surface area contributed by atoms with Crippen LogP contribution >= 0.6 is 0 Å². The second-order valence-corrected chi connectivity index (χ2v) is 13.6. The third-order valence-electron chi connectivity index (χ3n) is 10.4. The number of ketones is 1. The average Bonchev–Trinajstić information content (AvgIpc) is 3.89. The molecule has 50 heavy (non-hydrogen) atoms. The van der Waals surface area contributed by atoms with Gasteiger partial charge in [-0.25, -0.2) is 0 Å². The van der Waals surface area contributed by atoms with Crippen LogP contribution < -0.4 is 9.47 Å². The molecule has 2 saturated heterocycles. The Hall–Kier alpha value is -4.97. The molecule has 0 amide bonds. The quantitative estimate of drug-likeness (QED) is 0.122. The van der Waals surface area contributed by atoms with Crippen molar-refractivity contribution in [2.24, 2.45) is 0 Å². The Morgan fingerprint density at radius 1 is 0.480 bits per heavy atom. The van der Waals surface area contributed by atoms with Gasteiger partial charge in [-0.05, 0) is 132 Å². The van der Waals surface area contributed by atoms with E-state index in [0.29, 0.717) is 24.3 Å². The Morgan fingerprint density at radius 2 is 0.900 bits per heavy atom. The van der Waals surface area contributed by atoms with Gasteiger partial charge in [0, 0.05) is 24.2 Å². The first-order valence-corrected chi connectivity index (χ1v) is 18.2. The second-order valence-electron chi connectivity index (χ2n) is 13.6. The SMILES string of the molecule is O=C(c1ccc(OCCN2CCCC2)cc1-c1cccc2ccccc12)c1ccc(OCCN2CCCC2)cc1-c1cccc2ccccc12. The largest absolute Gasteiger partial charge is 0.492 e. The summed E-state index contributed by atoms with van der Waals surface area (Å²) in [5.41, 5.74) is 5.09. The lowest BCUT2D eigenvalue weighted by molar-refractivity contribution is 0.104. The normalized spacial score (nSPS) is 15.2. The van der Waals surface area contributed by atoms with Crippen LogP contribution in [0.25, 0.3) is 43.8 Å². The molecule has 0 radical (unpaired) electrons. The minimum atomic E-state index is -0.0249. The van der Waals surface area contributed by atoms with Crippen molar-refractivity contribution in [1.29, 1.82) is 0 Å². The average molecular weight is 661 g/mol. The molecule has 0 spiro atoms. The number of likely N-dealkylation sites (tertiary alicyclic amines) is 2. The number of benzene rings is 6. The summed E-state index contributed by atoms with van der Waals surface area (Å²) in [5.74, 6) is 1.53. The lowest BCUT2D eigenvalue weighted by Gasteiger charge is -2.19. The summed E-state index contributed by atoms with van der Waals surface area (Å²) in [6.45, 7) is 7.60. The third-order valence-corrected chi connectivity index (χ3v) is 10.4. The van der Waals surface area contributed by atoms with Crippen molar-refractivity contribution in [3.63, 3.8) is 0 Å². The van der Waals surface area contributed by atoms with Crippen molar-refractivity contribution in [2.45, 2.75) is 25.7 Å². The van der Waals surface area contributed by atoms with Gasteiger partial charge in [-0.15, -0.1) is 0 Å². The summed E-state index contributed by atoms with van der Waals surface area (Å²) in [7, 11) is 0. The van der Waals surface area contributed by atoms with E-state index in [2.05, 4.69) is 107 Å². The van der Waals surface area contributed by atoms with Gasteiger partial charge in [-0.3, -0.25) is 14.6 Å². The molecule has 0 unspecified atom stereocenters. The maximum atomic E-state index is 15.0. The lowest BCUT2D eigenvalue weighted by atomic mass is 9.87. The molecule has 0 bridgehead atoms. The number of ether oxygens (including phenoxy) is 2. The van der Waals surface area contributed by atoms with Crippen LogP contribution in [0.15, 0.2) is 121 Å². The third kappa shape index (κ3) is 6.89. The first-order valence-electron chi connectivity index (χ1n) is 18.2. The molecular weight excluding hydrogens is 617 g/mol. The molecule has 2 heterocycles. The Balaban J connectivity index is 1.20. The van der Waals surface area contributed by atoms with Crippen LogP contribution in [-0.4, -0.2) is 68.1 Å². The van der Waals surface area contributed by atoms with Crippen molar-refractivity contribution in [1.82, 2.24) is 9.80 Å². The Bertz CT molecular complexity index is 1970. The molecule has 0 atom stereocenters. The van der Waals surface area contributed by atoms with E-state index < -0.39 is 0 Å². The first-order chi connectivity index (χ1) is 24.7. The van der Waals surface area contributed by atoms with Gasteiger partial charge in [0.2, 0.25) is 0 Å². The Kier molecular flexibility index (Phi) is 9.59. The smallest absolute Gasteiger partial charge is 0.194 e. The van der Waals surface area contributed by atoms with Crippen LogP contribution in [0.3, 0.4) is 0 Å². The van der Waals surface area contributed by atoms with E-state index in [1.165, 1.54) is 25.7 Å². The van der Waals surface area contributed by atoms with Crippen LogP contribution in [0.1, 0.15) is 41.6 Å². The molecule has 0 aliphatic carbocycles. The van der Waals surface area contributed by atoms with Gasteiger partial charge < -0.3 is 9.47 Å². The number of carbonyl (C=O) groups is 1. The molecule has 5 heteroatoms. The van der Waals surface area contributed by atoms with E-state index in [1.54, 1.807) is 0 Å². The predicted molar refractivity (Wildman–Crippen MR) is 205 cm³/mol. The van der Waals surface area contributed by atoms with Crippen LogP contribution in [0.2, 0.25) is 0 Å². The zero-order chi connectivity index (χ0) is 33.7. The van der Waals surface area contributed by atoms with Gasteiger partial charge in [0.15, 0.2) is 5.78 Å². The predicted octanol–water partition coefficient (Wildman–Crippen LogP) is 9.51.